The molecule has 3 rings (SSSR count). The molecule has 23 heavy (non-hydrogen) atoms. The van der Waals surface area contributed by atoms with Gasteiger partial charge in [0.25, 0.3) is 5.91 Å². The fraction of sp³-hybridized carbons (Fsp3) is 0.556. The largest absolute Gasteiger partial charge is 0.481 e. The van der Waals surface area contributed by atoms with Gasteiger partial charge in [-0.05, 0) is 48.1 Å². The zero-order chi connectivity index (χ0) is 16.4. The van der Waals surface area contributed by atoms with Crippen LogP contribution in [-0.4, -0.2) is 40.7 Å². The van der Waals surface area contributed by atoms with Crippen molar-refractivity contribution in [3.63, 3.8) is 0 Å². The number of benzene rings is 1. The molecule has 124 valence electrons. The van der Waals surface area contributed by atoms with Crippen LogP contribution in [0.1, 0.15) is 35.7 Å². The molecule has 1 aliphatic carbocycles. The Hall–Kier alpha value is -1.49. The molecule has 2 atom stereocenters. The first-order valence-electron chi connectivity index (χ1n) is 8.29. The number of nitrogens with zero attached hydrogens (tertiary/aromatic N) is 1. The van der Waals surface area contributed by atoms with Crippen LogP contribution in [0.5, 0.6) is 0 Å². The van der Waals surface area contributed by atoms with Gasteiger partial charge in [0.15, 0.2) is 0 Å². The highest BCUT2D eigenvalue weighted by molar-refractivity contribution is 7.98. The van der Waals surface area contributed by atoms with E-state index in [-0.39, 0.29) is 11.8 Å². The molecular formula is C18H23NO3S. The van der Waals surface area contributed by atoms with Crippen molar-refractivity contribution in [1.29, 1.82) is 0 Å². The van der Waals surface area contributed by atoms with Crippen molar-refractivity contribution in [3.8, 4) is 0 Å². The lowest BCUT2D eigenvalue weighted by Gasteiger charge is -2.16. The molecule has 1 saturated carbocycles. The summed E-state index contributed by atoms with van der Waals surface area (Å²) in [6.07, 6.45) is 2.22. The van der Waals surface area contributed by atoms with Crippen LogP contribution < -0.4 is 0 Å². The average Bonchev–Trinajstić information content (AvgIpc) is 3.30. The van der Waals surface area contributed by atoms with Crippen LogP contribution in [0.25, 0.3) is 0 Å². The maximum Gasteiger partial charge on any atom is 0.308 e. The molecular weight excluding hydrogens is 310 g/mol. The van der Waals surface area contributed by atoms with Gasteiger partial charge in [0.1, 0.15) is 0 Å². The number of hydrogen-bond acceptors (Lipinski definition) is 3. The van der Waals surface area contributed by atoms with Crippen molar-refractivity contribution < 1.29 is 14.7 Å². The minimum Gasteiger partial charge on any atom is -0.481 e. The smallest absolute Gasteiger partial charge is 0.308 e. The third-order valence-electron chi connectivity index (χ3n) is 4.87. The van der Waals surface area contributed by atoms with E-state index in [9.17, 15) is 14.7 Å². The molecule has 5 heteroatoms. The lowest BCUT2D eigenvalue weighted by molar-refractivity contribution is -0.142. The first-order chi connectivity index (χ1) is 11.1. The normalized spacial score (nSPS) is 24.0. The van der Waals surface area contributed by atoms with Gasteiger partial charge in [0.05, 0.1) is 5.92 Å². The van der Waals surface area contributed by atoms with Crippen LogP contribution in [0.15, 0.2) is 24.3 Å². The molecule has 1 N–H and O–H groups in total. The van der Waals surface area contributed by atoms with Gasteiger partial charge in [-0.15, -0.1) is 0 Å². The fourth-order valence-corrected chi connectivity index (χ4v) is 4.04. The predicted molar refractivity (Wildman–Crippen MR) is 91.5 cm³/mol. The Balaban J connectivity index is 1.67. The number of thioether (sulfide) groups is 1. The van der Waals surface area contributed by atoms with Crippen LogP contribution >= 0.6 is 11.8 Å². The highest BCUT2D eigenvalue weighted by Crippen LogP contribution is 2.44. The quantitative estimate of drug-likeness (QED) is 0.869. The average molecular weight is 333 g/mol. The maximum atomic E-state index is 12.7. The van der Waals surface area contributed by atoms with Gasteiger partial charge in [0.2, 0.25) is 0 Å². The van der Waals surface area contributed by atoms with Crippen molar-refractivity contribution in [2.24, 2.45) is 17.8 Å². The monoisotopic (exact) mass is 333 g/mol. The molecule has 0 bridgehead atoms. The SMILES string of the molecule is CCSCc1ccc(C(=O)N2C[C@H](C(=O)O)[C@@H](C3CC3)C2)cc1. The van der Waals surface area contributed by atoms with E-state index in [4.69, 9.17) is 0 Å². The topological polar surface area (TPSA) is 57.6 Å². The zero-order valence-electron chi connectivity index (χ0n) is 13.4. The molecule has 0 spiro atoms. The number of hydrogen-bond donors (Lipinski definition) is 1. The number of rotatable bonds is 6. The molecule has 1 amide bonds. The Labute approximate surface area is 141 Å². The second-order valence-corrected chi connectivity index (χ2v) is 7.76. The molecule has 0 radical (unpaired) electrons. The number of likely N-dealkylation sites (tertiary alicyclic amines) is 1. The third kappa shape index (κ3) is 3.71. The number of carboxylic acid groups (broad SMARTS) is 1. The molecule has 1 aromatic rings. The van der Waals surface area contributed by atoms with Gasteiger partial charge in [-0.1, -0.05) is 19.1 Å². The van der Waals surface area contributed by atoms with Crippen LogP contribution in [-0.2, 0) is 10.5 Å². The lowest BCUT2D eigenvalue weighted by Crippen LogP contribution is -2.29. The van der Waals surface area contributed by atoms with E-state index in [1.807, 2.05) is 36.0 Å². The minimum atomic E-state index is -0.760. The second kappa shape index (κ2) is 6.95. The summed E-state index contributed by atoms with van der Waals surface area (Å²) >= 11 is 1.85. The Morgan fingerprint density at radius 2 is 1.91 bits per heavy atom. The molecule has 2 fully saturated rings. The highest BCUT2D eigenvalue weighted by Gasteiger charge is 2.46. The van der Waals surface area contributed by atoms with Crippen LogP contribution in [0, 0.1) is 17.8 Å². The summed E-state index contributed by atoms with van der Waals surface area (Å²) in [4.78, 5) is 25.8. The number of carboxylic acids is 1. The predicted octanol–water partition coefficient (Wildman–Crippen LogP) is 3.12. The zero-order valence-corrected chi connectivity index (χ0v) is 14.2. The summed E-state index contributed by atoms with van der Waals surface area (Å²) in [5, 5.41) is 9.41. The molecule has 4 nitrogen and oxygen atoms in total. The number of amides is 1. The Morgan fingerprint density at radius 3 is 2.48 bits per heavy atom. The summed E-state index contributed by atoms with van der Waals surface area (Å²) in [5.41, 5.74) is 1.88. The molecule has 2 aliphatic rings. The van der Waals surface area contributed by atoms with Crippen molar-refractivity contribution in [2.45, 2.75) is 25.5 Å². The number of carbonyl (C=O) groups excluding carboxylic acids is 1. The standard InChI is InChI=1S/C18H23NO3S/c1-2-23-11-12-3-5-14(6-4-12)17(20)19-9-15(13-7-8-13)16(10-19)18(21)22/h3-6,13,15-16H,2,7-11H2,1H3,(H,21,22)/t15-,16+/m1/s1. The van der Waals surface area contributed by atoms with E-state index in [2.05, 4.69) is 6.92 Å². The van der Waals surface area contributed by atoms with Gasteiger partial charge in [-0.25, -0.2) is 0 Å². The molecule has 1 aliphatic heterocycles. The third-order valence-corrected chi connectivity index (χ3v) is 5.82. The molecule has 0 aromatic heterocycles. The van der Waals surface area contributed by atoms with E-state index in [0.29, 0.717) is 24.6 Å². The van der Waals surface area contributed by atoms with E-state index < -0.39 is 11.9 Å². The summed E-state index contributed by atoms with van der Waals surface area (Å²) in [5.74, 6) is 1.48. The van der Waals surface area contributed by atoms with Crippen molar-refractivity contribution in [1.82, 2.24) is 4.90 Å². The van der Waals surface area contributed by atoms with Crippen molar-refractivity contribution in [2.75, 3.05) is 18.8 Å². The minimum absolute atomic E-state index is 0.0332. The highest BCUT2D eigenvalue weighted by atomic mass is 32.2. The van der Waals surface area contributed by atoms with E-state index in [0.717, 1.165) is 24.3 Å². The van der Waals surface area contributed by atoms with Gasteiger partial charge >= 0.3 is 5.97 Å². The summed E-state index contributed by atoms with van der Waals surface area (Å²) in [6, 6.07) is 7.74. The Bertz CT molecular complexity index is 582. The molecule has 1 saturated heterocycles. The van der Waals surface area contributed by atoms with E-state index in [1.54, 1.807) is 4.90 Å². The molecule has 1 heterocycles. The Kier molecular flexibility index (Phi) is 4.95. The second-order valence-electron chi connectivity index (χ2n) is 6.49. The first kappa shape index (κ1) is 16.4. The van der Waals surface area contributed by atoms with Gasteiger partial charge in [-0.2, -0.15) is 11.8 Å². The first-order valence-corrected chi connectivity index (χ1v) is 9.44. The molecule has 0 unspecified atom stereocenters. The fourth-order valence-electron chi connectivity index (χ4n) is 3.40. The van der Waals surface area contributed by atoms with Gasteiger partial charge in [-0.3, -0.25) is 9.59 Å². The molecule has 1 aromatic carbocycles. The van der Waals surface area contributed by atoms with E-state index >= 15 is 0 Å². The van der Waals surface area contributed by atoms with Crippen molar-refractivity contribution in [3.05, 3.63) is 35.4 Å². The number of aliphatic carboxylic acids is 1. The van der Waals surface area contributed by atoms with Gasteiger partial charge < -0.3 is 10.0 Å². The maximum absolute atomic E-state index is 12.7. The Morgan fingerprint density at radius 1 is 1.22 bits per heavy atom. The van der Waals surface area contributed by atoms with Gasteiger partial charge in [0, 0.05) is 24.4 Å². The van der Waals surface area contributed by atoms with Crippen LogP contribution in [0.4, 0.5) is 0 Å². The van der Waals surface area contributed by atoms with Crippen molar-refractivity contribution >= 4 is 23.6 Å². The number of carbonyl (C=O) groups is 2. The summed E-state index contributed by atoms with van der Waals surface area (Å²) in [7, 11) is 0. The lowest BCUT2D eigenvalue weighted by atomic mass is 9.92. The van der Waals surface area contributed by atoms with Crippen LogP contribution in [0.3, 0.4) is 0 Å². The summed E-state index contributed by atoms with van der Waals surface area (Å²) < 4.78 is 0. The summed E-state index contributed by atoms with van der Waals surface area (Å²) in [6.45, 7) is 3.07. The van der Waals surface area contributed by atoms with E-state index in [1.165, 1.54) is 5.56 Å². The van der Waals surface area contributed by atoms with Crippen LogP contribution in [0.2, 0.25) is 0 Å².